The first-order chi connectivity index (χ1) is 12.5. The molecule has 0 bridgehead atoms. The van der Waals surface area contributed by atoms with Gasteiger partial charge in [0.05, 0.1) is 6.04 Å². The lowest BCUT2D eigenvalue weighted by Gasteiger charge is -2.25. The minimum absolute atomic E-state index is 0.177. The van der Waals surface area contributed by atoms with Gasteiger partial charge in [-0.25, -0.2) is 13.9 Å². The Morgan fingerprint density at radius 2 is 2.08 bits per heavy atom. The van der Waals surface area contributed by atoms with Crippen LogP contribution in [0.15, 0.2) is 53.5 Å². The van der Waals surface area contributed by atoms with E-state index in [0.29, 0.717) is 5.65 Å². The SMILES string of the molecule is CN(C)C(CNC(=O)Cn1nc2ccccn2c1=O)c1cccc(F)c1. The van der Waals surface area contributed by atoms with Crippen molar-refractivity contribution in [2.24, 2.45) is 0 Å². The van der Waals surface area contributed by atoms with Gasteiger partial charge < -0.3 is 10.2 Å². The van der Waals surface area contributed by atoms with Crippen LogP contribution >= 0.6 is 0 Å². The van der Waals surface area contributed by atoms with Crippen molar-refractivity contribution >= 4 is 11.6 Å². The summed E-state index contributed by atoms with van der Waals surface area (Å²) in [7, 11) is 3.71. The summed E-state index contributed by atoms with van der Waals surface area (Å²) < 4.78 is 16.0. The Kier molecular flexibility index (Phi) is 5.13. The molecule has 0 aliphatic rings. The highest BCUT2D eigenvalue weighted by molar-refractivity contribution is 5.75. The molecule has 0 saturated heterocycles. The molecule has 1 N–H and O–H groups in total. The maximum absolute atomic E-state index is 13.5. The van der Waals surface area contributed by atoms with Crippen molar-refractivity contribution in [3.8, 4) is 0 Å². The molecule has 7 nitrogen and oxygen atoms in total. The molecule has 8 heteroatoms. The van der Waals surface area contributed by atoms with E-state index in [4.69, 9.17) is 0 Å². The summed E-state index contributed by atoms with van der Waals surface area (Å²) >= 11 is 0. The molecule has 1 aromatic carbocycles. The van der Waals surface area contributed by atoms with Crippen molar-refractivity contribution in [2.75, 3.05) is 20.6 Å². The Labute approximate surface area is 149 Å². The van der Waals surface area contributed by atoms with E-state index in [0.717, 1.165) is 10.2 Å². The first-order valence-electron chi connectivity index (χ1n) is 8.18. The number of carbonyl (C=O) groups excluding carboxylic acids is 1. The molecule has 0 fully saturated rings. The highest BCUT2D eigenvalue weighted by Gasteiger charge is 2.17. The van der Waals surface area contributed by atoms with Gasteiger partial charge in [-0.3, -0.25) is 9.20 Å². The third-order valence-corrected chi connectivity index (χ3v) is 4.13. The Balaban J connectivity index is 1.68. The maximum atomic E-state index is 13.5. The number of fused-ring (bicyclic) bond motifs is 1. The number of hydrogen-bond donors (Lipinski definition) is 1. The number of benzene rings is 1. The van der Waals surface area contributed by atoms with Gasteiger partial charge >= 0.3 is 5.69 Å². The van der Waals surface area contributed by atoms with E-state index in [2.05, 4.69) is 10.4 Å². The molecule has 3 rings (SSSR count). The minimum atomic E-state index is -0.370. The van der Waals surface area contributed by atoms with Crippen molar-refractivity contribution in [2.45, 2.75) is 12.6 Å². The van der Waals surface area contributed by atoms with Crippen molar-refractivity contribution in [3.63, 3.8) is 0 Å². The van der Waals surface area contributed by atoms with Crippen LogP contribution in [0.25, 0.3) is 5.65 Å². The number of nitrogens with zero attached hydrogens (tertiary/aromatic N) is 4. The van der Waals surface area contributed by atoms with Crippen LogP contribution in [0.4, 0.5) is 4.39 Å². The summed E-state index contributed by atoms with van der Waals surface area (Å²) in [5.41, 5.74) is 0.876. The predicted octanol–water partition coefficient (Wildman–Crippen LogP) is 1.05. The van der Waals surface area contributed by atoms with Crippen LogP contribution in [0.5, 0.6) is 0 Å². The number of likely N-dealkylation sites (N-methyl/N-ethyl adjacent to an activating group) is 1. The molecule has 0 spiro atoms. The second-order valence-corrected chi connectivity index (χ2v) is 6.21. The zero-order valence-corrected chi connectivity index (χ0v) is 14.6. The molecule has 2 heterocycles. The highest BCUT2D eigenvalue weighted by Crippen LogP contribution is 2.18. The van der Waals surface area contributed by atoms with Gasteiger partial charge in [0.15, 0.2) is 5.65 Å². The lowest BCUT2D eigenvalue weighted by molar-refractivity contribution is -0.122. The van der Waals surface area contributed by atoms with Gasteiger partial charge in [-0.15, -0.1) is 5.10 Å². The molecule has 0 radical (unpaired) electrons. The van der Waals surface area contributed by atoms with Gasteiger partial charge in [0, 0.05) is 12.7 Å². The summed E-state index contributed by atoms with van der Waals surface area (Å²) in [5.74, 6) is -0.657. The van der Waals surface area contributed by atoms with Crippen LogP contribution in [0.2, 0.25) is 0 Å². The summed E-state index contributed by atoms with van der Waals surface area (Å²) in [6, 6.07) is 11.3. The summed E-state index contributed by atoms with van der Waals surface area (Å²) in [6.45, 7) is 0.112. The number of carbonyl (C=O) groups is 1. The lowest BCUT2D eigenvalue weighted by Crippen LogP contribution is -2.38. The van der Waals surface area contributed by atoms with Crippen LogP contribution in [-0.4, -0.2) is 45.6 Å². The van der Waals surface area contributed by atoms with Crippen molar-refractivity contribution in [1.29, 1.82) is 0 Å². The summed E-state index contributed by atoms with van der Waals surface area (Å²) in [6.07, 6.45) is 1.60. The number of aromatic nitrogens is 3. The zero-order chi connectivity index (χ0) is 18.7. The number of amides is 1. The molecule has 1 unspecified atom stereocenters. The van der Waals surface area contributed by atoms with Crippen molar-refractivity contribution in [3.05, 3.63) is 70.5 Å². The second kappa shape index (κ2) is 7.49. The van der Waals surface area contributed by atoms with E-state index in [-0.39, 0.29) is 36.5 Å². The molecule has 0 saturated carbocycles. The van der Waals surface area contributed by atoms with Crippen LogP contribution in [0.3, 0.4) is 0 Å². The van der Waals surface area contributed by atoms with Gasteiger partial charge in [-0.2, -0.15) is 0 Å². The molecule has 0 aliphatic heterocycles. The fourth-order valence-corrected chi connectivity index (χ4v) is 2.79. The fourth-order valence-electron chi connectivity index (χ4n) is 2.79. The Bertz CT molecular complexity index is 979. The van der Waals surface area contributed by atoms with E-state index in [9.17, 15) is 14.0 Å². The van der Waals surface area contributed by atoms with Gasteiger partial charge in [0.1, 0.15) is 12.4 Å². The topological polar surface area (TPSA) is 71.6 Å². The van der Waals surface area contributed by atoms with E-state index < -0.39 is 0 Å². The number of hydrogen-bond acceptors (Lipinski definition) is 4. The molecule has 3 aromatic rings. The third kappa shape index (κ3) is 3.80. The molecule has 26 heavy (non-hydrogen) atoms. The van der Waals surface area contributed by atoms with Gasteiger partial charge in [-0.1, -0.05) is 18.2 Å². The third-order valence-electron chi connectivity index (χ3n) is 4.13. The Morgan fingerprint density at radius 3 is 2.77 bits per heavy atom. The first kappa shape index (κ1) is 17.8. The Hall–Kier alpha value is -3.00. The van der Waals surface area contributed by atoms with E-state index in [1.807, 2.05) is 25.1 Å². The average molecular weight is 357 g/mol. The quantitative estimate of drug-likeness (QED) is 0.716. The molecule has 0 aliphatic carbocycles. The number of pyridine rings is 1. The van der Waals surface area contributed by atoms with Crippen LogP contribution in [0.1, 0.15) is 11.6 Å². The minimum Gasteiger partial charge on any atom is -0.353 e. The van der Waals surface area contributed by atoms with Crippen LogP contribution in [0, 0.1) is 5.82 Å². The molecular formula is C18H20FN5O2. The Morgan fingerprint density at radius 1 is 1.27 bits per heavy atom. The highest BCUT2D eigenvalue weighted by atomic mass is 19.1. The second-order valence-electron chi connectivity index (χ2n) is 6.21. The number of rotatable bonds is 6. The molecule has 136 valence electrons. The van der Waals surface area contributed by atoms with Crippen LogP contribution < -0.4 is 11.0 Å². The lowest BCUT2D eigenvalue weighted by atomic mass is 10.1. The normalized spacial score (nSPS) is 12.5. The van der Waals surface area contributed by atoms with Gasteiger partial charge in [0.2, 0.25) is 5.91 Å². The standard InChI is InChI=1S/C18H20FN5O2/c1-22(2)15(13-6-5-7-14(19)10-13)11-20-17(25)12-24-18(26)23-9-4-3-8-16(23)21-24/h3-10,15H,11-12H2,1-2H3,(H,20,25). The van der Waals surface area contributed by atoms with Gasteiger partial charge in [0.25, 0.3) is 0 Å². The molecule has 1 amide bonds. The maximum Gasteiger partial charge on any atom is 0.350 e. The largest absolute Gasteiger partial charge is 0.353 e. The molecular weight excluding hydrogens is 337 g/mol. The van der Waals surface area contributed by atoms with Crippen molar-refractivity contribution < 1.29 is 9.18 Å². The van der Waals surface area contributed by atoms with Gasteiger partial charge in [-0.05, 0) is 43.9 Å². The van der Waals surface area contributed by atoms with Crippen LogP contribution in [-0.2, 0) is 11.3 Å². The fraction of sp³-hybridized carbons (Fsp3) is 0.278. The van der Waals surface area contributed by atoms with Crippen molar-refractivity contribution in [1.82, 2.24) is 24.4 Å². The van der Waals surface area contributed by atoms with E-state index in [1.165, 1.54) is 16.5 Å². The summed E-state index contributed by atoms with van der Waals surface area (Å²) in [5, 5.41) is 6.92. The van der Waals surface area contributed by atoms with E-state index >= 15 is 0 Å². The number of halogens is 1. The molecule has 2 aromatic heterocycles. The zero-order valence-electron chi connectivity index (χ0n) is 14.6. The molecule has 1 atom stereocenters. The first-order valence-corrected chi connectivity index (χ1v) is 8.18. The number of nitrogens with one attached hydrogen (secondary N) is 1. The smallest absolute Gasteiger partial charge is 0.350 e. The van der Waals surface area contributed by atoms with E-state index in [1.54, 1.807) is 30.5 Å². The summed E-state index contributed by atoms with van der Waals surface area (Å²) in [4.78, 5) is 26.4. The average Bonchev–Trinajstić information content (AvgIpc) is 2.91. The predicted molar refractivity (Wildman–Crippen MR) is 95.3 cm³/mol. The monoisotopic (exact) mass is 357 g/mol.